The van der Waals surface area contributed by atoms with Crippen LogP contribution >= 0.6 is 11.8 Å². The second kappa shape index (κ2) is 4.56. The number of benzene rings is 1. The largest absolute Gasteiger partial charge is 0.126 e. The van der Waals surface area contributed by atoms with Crippen LogP contribution in [0.1, 0.15) is 25.0 Å². The molecule has 0 heterocycles. The number of rotatable bonds is 3. The van der Waals surface area contributed by atoms with Gasteiger partial charge in [0.25, 0.3) is 0 Å². The Balaban J connectivity index is 2.89. The minimum atomic E-state index is 1.14. The zero-order valence-electron chi connectivity index (χ0n) is 8.05. The Kier molecular flexibility index (Phi) is 3.67. The Morgan fingerprint density at radius 2 is 2.00 bits per heavy atom. The van der Waals surface area contributed by atoms with E-state index in [1.54, 1.807) is 0 Å². The lowest BCUT2D eigenvalue weighted by Crippen LogP contribution is -1.86. The summed E-state index contributed by atoms with van der Waals surface area (Å²) in [5.41, 5.74) is 2.89. The van der Waals surface area contributed by atoms with Gasteiger partial charge in [0, 0.05) is 4.90 Å². The van der Waals surface area contributed by atoms with Crippen molar-refractivity contribution in [2.45, 2.75) is 32.1 Å². The molecule has 0 saturated carbocycles. The molecule has 0 nitrogen and oxygen atoms in total. The highest BCUT2D eigenvalue weighted by Crippen LogP contribution is 2.21. The zero-order valence-corrected chi connectivity index (χ0v) is 8.87. The van der Waals surface area contributed by atoms with E-state index in [1.165, 1.54) is 16.0 Å². The SMILES string of the molecule is CCSc1ccc(C)c(CC)c1. The summed E-state index contributed by atoms with van der Waals surface area (Å²) in [5, 5.41) is 0. The molecule has 1 heteroatoms. The van der Waals surface area contributed by atoms with Crippen LogP contribution in [0.15, 0.2) is 23.1 Å². The van der Waals surface area contributed by atoms with Gasteiger partial charge in [0.05, 0.1) is 0 Å². The number of hydrogen-bond acceptors (Lipinski definition) is 1. The molecule has 1 rings (SSSR count). The molecule has 0 spiro atoms. The van der Waals surface area contributed by atoms with Gasteiger partial charge in [0.2, 0.25) is 0 Å². The third-order valence-electron chi connectivity index (χ3n) is 2.01. The van der Waals surface area contributed by atoms with Crippen molar-refractivity contribution in [3.05, 3.63) is 29.3 Å². The summed E-state index contributed by atoms with van der Waals surface area (Å²) in [6, 6.07) is 6.74. The molecule has 0 radical (unpaired) electrons. The summed E-state index contributed by atoms with van der Waals surface area (Å²) >= 11 is 1.91. The summed E-state index contributed by atoms with van der Waals surface area (Å²) in [7, 11) is 0. The third kappa shape index (κ3) is 2.28. The van der Waals surface area contributed by atoms with E-state index in [-0.39, 0.29) is 0 Å². The van der Waals surface area contributed by atoms with Gasteiger partial charge in [0.1, 0.15) is 0 Å². The van der Waals surface area contributed by atoms with Gasteiger partial charge in [-0.3, -0.25) is 0 Å². The van der Waals surface area contributed by atoms with Gasteiger partial charge in [-0.2, -0.15) is 0 Å². The van der Waals surface area contributed by atoms with E-state index in [1.807, 2.05) is 11.8 Å². The molecule has 0 unspecified atom stereocenters. The Morgan fingerprint density at radius 1 is 1.25 bits per heavy atom. The molecule has 12 heavy (non-hydrogen) atoms. The van der Waals surface area contributed by atoms with Crippen molar-refractivity contribution in [3.8, 4) is 0 Å². The smallest absolute Gasteiger partial charge is 0.00747 e. The number of aryl methyl sites for hydroxylation is 2. The second-order valence-corrected chi connectivity index (χ2v) is 4.21. The van der Waals surface area contributed by atoms with Crippen LogP contribution in [0.2, 0.25) is 0 Å². The first-order valence-corrected chi connectivity index (χ1v) is 5.48. The number of thioether (sulfide) groups is 1. The van der Waals surface area contributed by atoms with Crippen LogP contribution in [0.25, 0.3) is 0 Å². The lowest BCUT2D eigenvalue weighted by molar-refractivity contribution is 1.09. The topological polar surface area (TPSA) is 0 Å². The van der Waals surface area contributed by atoms with E-state index in [4.69, 9.17) is 0 Å². The molecule has 0 N–H and O–H groups in total. The fraction of sp³-hybridized carbons (Fsp3) is 0.455. The molecule has 0 amide bonds. The van der Waals surface area contributed by atoms with Crippen molar-refractivity contribution < 1.29 is 0 Å². The van der Waals surface area contributed by atoms with Crippen molar-refractivity contribution in [2.24, 2.45) is 0 Å². The predicted octanol–water partition coefficient (Wildman–Crippen LogP) is 3.67. The molecule has 0 fully saturated rings. The van der Waals surface area contributed by atoms with E-state index in [9.17, 15) is 0 Å². The van der Waals surface area contributed by atoms with Crippen molar-refractivity contribution in [1.82, 2.24) is 0 Å². The molecule has 0 bridgehead atoms. The maximum Gasteiger partial charge on any atom is 0.00747 e. The fourth-order valence-electron chi connectivity index (χ4n) is 1.29. The van der Waals surface area contributed by atoms with Crippen LogP contribution in [0.3, 0.4) is 0 Å². The first-order chi connectivity index (χ1) is 5.77. The fourth-order valence-corrected chi connectivity index (χ4v) is 2.01. The summed E-state index contributed by atoms with van der Waals surface area (Å²) in [4.78, 5) is 1.40. The van der Waals surface area contributed by atoms with Crippen LogP contribution < -0.4 is 0 Å². The van der Waals surface area contributed by atoms with Gasteiger partial charge in [-0.25, -0.2) is 0 Å². The predicted molar refractivity (Wildman–Crippen MR) is 57.0 cm³/mol. The summed E-state index contributed by atoms with van der Waals surface area (Å²) in [6.07, 6.45) is 1.14. The van der Waals surface area contributed by atoms with Gasteiger partial charge < -0.3 is 0 Å². The summed E-state index contributed by atoms with van der Waals surface area (Å²) in [5.74, 6) is 1.16. The van der Waals surface area contributed by atoms with Gasteiger partial charge in [-0.15, -0.1) is 11.8 Å². The van der Waals surface area contributed by atoms with Crippen LogP contribution in [0.5, 0.6) is 0 Å². The molecular formula is C11H16S. The zero-order chi connectivity index (χ0) is 8.97. The second-order valence-electron chi connectivity index (χ2n) is 2.87. The van der Waals surface area contributed by atoms with E-state index < -0.39 is 0 Å². The monoisotopic (exact) mass is 180 g/mol. The van der Waals surface area contributed by atoms with E-state index in [0.717, 1.165) is 12.2 Å². The maximum atomic E-state index is 2.31. The Bertz CT molecular complexity index is 253. The lowest BCUT2D eigenvalue weighted by Gasteiger charge is -2.05. The summed E-state index contributed by atoms with van der Waals surface area (Å²) in [6.45, 7) is 6.58. The van der Waals surface area contributed by atoms with Gasteiger partial charge in [-0.05, 0) is 42.4 Å². The quantitative estimate of drug-likeness (QED) is 0.640. The van der Waals surface area contributed by atoms with Crippen LogP contribution in [-0.2, 0) is 6.42 Å². The molecule has 0 aliphatic heterocycles. The average molecular weight is 180 g/mol. The standard InChI is InChI=1S/C11H16S/c1-4-10-8-11(12-5-2)7-6-9(10)3/h6-8H,4-5H2,1-3H3. The Hall–Kier alpha value is -0.430. The van der Waals surface area contributed by atoms with Crippen molar-refractivity contribution >= 4 is 11.8 Å². The van der Waals surface area contributed by atoms with Crippen LogP contribution in [-0.4, -0.2) is 5.75 Å². The first-order valence-electron chi connectivity index (χ1n) is 4.50. The number of hydrogen-bond donors (Lipinski definition) is 0. The van der Waals surface area contributed by atoms with Gasteiger partial charge in [-0.1, -0.05) is 19.9 Å². The highest BCUT2D eigenvalue weighted by atomic mass is 32.2. The molecule has 1 aromatic carbocycles. The molecule has 0 aromatic heterocycles. The van der Waals surface area contributed by atoms with E-state index >= 15 is 0 Å². The summed E-state index contributed by atoms with van der Waals surface area (Å²) < 4.78 is 0. The van der Waals surface area contributed by atoms with E-state index in [0.29, 0.717) is 0 Å². The molecule has 0 saturated heterocycles. The van der Waals surface area contributed by atoms with Crippen molar-refractivity contribution in [1.29, 1.82) is 0 Å². The van der Waals surface area contributed by atoms with Gasteiger partial charge in [0.15, 0.2) is 0 Å². The van der Waals surface area contributed by atoms with Gasteiger partial charge >= 0.3 is 0 Å². The molecule has 1 aromatic rings. The normalized spacial score (nSPS) is 10.2. The van der Waals surface area contributed by atoms with Crippen molar-refractivity contribution in [2.75, 3.05) is 5.75 Å². The molecule has 0 aliphatic rings. The highest BCUT2D eigenvalue weighted by molar-refractivity contribution is 7.99. The van der Waals surface area contributed by atoms with Crippen LogP contribution in [0, 0.1) is 6.92 Å². The minimum absolute atomic E-state index is 1.14. The molecular weight excluding hydrogens is 164 g/mol. The maximum absolute atomic E-state index is 2.31. The lowest BCUT2D eigenvalue weighted by atomic mass is 10.1. The van der Waals surface area contributed by atoms with Crippen molar-refractivity contribution in [3.63, 3.8) is 0 Å². The first kappa shape index (κ1) is 9.66. The molecule has 0 atom stereocenters. The minimum Gasteiger partial charge on any atom is -0.126 e. The highest BCUT2D eigenvalue weighted by Gasteiger charge is 1.97. The Morgan fingerprint density at radius 3 is 2.58 bits per heavy atom. The van der Waals surface area contributed by atoms with Crippen LogP contribution in [0.4, 0.5) is 0 Å². The molecule has 66 valence electrons. The van der Waals surface area contributed by atoms with E-state index in [2.05, 4.69) is 39.0 Å². The Labute approximate surface area is 79.4 Å². The third-order valence-corrected chi connectivity index (χ3v) is 2.89. The molecule has 0 aliphatic carbocycles. The average Bonchev–Trinajstić information content (AvgIpc) is 2.09.